The summed E-state index contributed by atoms with van der Waals surface area (Å²) in [6, 6.07) is 0. The van der Waals surface area contributed by atoms with Gasteiger partial charge in [-0.2, -0.15) is 0 Å². The second kappa shape index (κ2) is 9.32. The molecule has 6 heteroatoms. The molecule has 1 aliphatic heterocycles. The molecule has 1 saturated heterocycles. The van der Waals surface area contributed by atoms with Gasteiger partial charge in [-0.3, -0.25) is 14.4 Å². The largest absolute Gasteiger partial charge is 0.481 e. The number of Topliss-reactive ketones (excluding diaryl/α,β-unsaturated/α-hetero) is 1. The molecule has 1 fully saturated rings. The summed E-state index contributed by atoms with van der Waals surface area (Å²) >= 11 is 0. The van der Waals surface area contributed by atoms with Crippen LogP contribution in [0.2, 0.25) is 0 Å². The molecule has 0 aromatic heterocycles. The standard InChI is InChI=1S/C19H33NO5/c1-18(2)13-15(21)14-19(3,4)20(18)25-17(24)12-10-8-6-5-7-9-11-16(22)23/h5-14H2,1-4H3,(H,22,23). The number of hydroxylamine groups is 2. The predicted octanol–water partition coefficient (Wildman–Crippen LogP) is 3.87. The highest BCUT2D eigenvalue weighted by Gasteiger charge is 2.47. The van der Waals surface area contributed by atoms with Crippen molar-refractivity contribution in [2.24, 2.45) is 0 Å². The molecule has 0 spiro atoms. The Balaban J connectivity index is 2.27. The number of nitrogens with zero attached hydrogens (tertiary/aromatic N) is 1. The monoisotopic (exact) mass is 355 g/mol. The van der Waals surface area contributed by atoms with Crippen LogP contribution in [0.3, 0.4) is 0 Å². The van der Waals surface area contributed by atoms with Gasteiger partial charge in [0.05, 0.1) is 11.1 Å². The van der Waals surface area contributed by atoms with Crippen LogP contribution in [0.4, 0.5) is 0 Å². The van der Waals surface area contributed by atoms with Crippen LogP contribution in [-0.2, 0) is 19.2 Å². The van der Waals surface area contributed by atoms with Gasteiger partial charge >= 0.3 is 11.9 Å². The first kappa shape index (κ1) is 21.6. The van der Waals surface area contributed by atoms with Gasteiger partial charge in [-0.15, -0.1) is 5.06 Å². The minimum Gasteiger partial charge on any atom is -0.481 e. The number of rotatable bonds is 10. The molecule has 0 aromatic carbocycles. The van der Waals surface area contributed by atoms with E-state index >= 15 is 0 Å². The van der Waals surface area contributed by atoms with Crippen LogP contribution in [0.5, 0.6) is 0 Å². The second-order valence-electron chi connectivity index (χ2n) is 8.29. The maximum absolute atomic E-state index is 12.2. The molecule has 0 saturated carbocycles. The molecular weight excluding hydrogens is 322 g/mol. The van der Waals surface area contributed by atoms with Crippen molar-refractivity contribution in [3.05, 3.63) is 0 Å². The van der Waals surface area contributed by atoms with E-state index in [1.165, 1.54) is 0 Å². The lowest BCUT2D eigenvalue weighted by atomic mass is 9.81. The number of ketones is 1. The van der Waals surface area contributed by atoms with Gasteiger partial charge in [0.2, 0.25) is 0 Å². The molecule has 0 amide bonds. The zero-order chi connectivity index (χ0) is 19.1. The maximum atomic E-state index is 12.2. The number of hydrogen-bond donors (Lipinski definition) is 1. The Labute approximate surface area is 150 Å². The molecule has 0 aromatic rings. The van der Waals surface area contributed by atoms with Crippen LogP contribution in [0.15, 0.2) is 0 Å². The van der Waals surface area contributed by atoms with Crippen molar-refractivity contribution in [3.8, 4) is 0 Å². The topological polar surface area (TPSA) is 83.9 Å². The van der Waals surface area contributed by atoms with E-state index in [1.807, 2.05) is 27.7 Å². The normalized spacial score (nSPS) is 19.6. The Bertz CT molecular complexity index is 464. The lowest BCUT2D eigenvalue weighted by Crippen LogP contribution is -2.61. The van der Waals surface area contributed by atoms with Crippen molar-refractivity contribution in [1.29, 1.82) is 0 Å². The molecule has 144 valence electrons. The van der Waals surface area contributed by atoms with Gasteiger partial charge in [-0.05, 0) is 40.5 Å². The van der Waals surface area contributed by atoms with Crippen LogP contribution >= 0.6 is 0 Å². The smallest absolute Gasteiger partial charge is 0.325 e. The first-order valence-corrected chi connectivity index (χ1v) is 9.29. The van der Waals surface area contributed by atoms with Gasteiger partial charge in [-0.1, -0.05) is 25.7 Å². The van der Waals surface area contributed by atoms with E-state index in [0.717, 1.165) is 38.5 Å². The Morgan fingerprint density at radius 2 is 1.36 bits per heavy atom. The Morgan fingerprint density at radius 1 is 0.920 bits per heavy atom. The van der Waals surface area contributed by atoms with Crippen LogP contribution < -0.4 is 0 Å². The van der Waals surface area contributed by atoms with E-state index in [2.05, 4.69) is 0 Å². The van der Waals surface area contributed by atoms with E-state index in [4.69, 9.17) is 9.94 Å². The number of aliphatic carboxylic acids is 1. The predicted molar refractivity (Wildman–Crippen MR) is 94.9 cm³/mol. The third-order valence-electron chi connectivity index (χ3n) is 4.57. The SMILES string of the molecule is CC1(C)CC(=O)CC(C)(C)N1OC(=O)CCCCCCCCC(=O)O. The molecule has 0 atom stereocenters. The Morgan fingerprint density at radius 3 is 1.84 bits per heavy atom. The number of carboxylic acids is 1. The molecule has 1 N–H and O–H groups in total. The van der Waals surface area contributed by atoms with Gasteiger partial charge in [-0.25, -0.2) is 0 Å². The Kier molecular flexibility index (Phi) is 8.06. The quantitative estimate of drug-likeness (QED) is 0.599. The summed E-state index contributed by atoms with van der Waals surface area (Å²) in [4.78, 5) is 40.1. The Hall–Kier alpha value is -1.43. The molecule has 0 bridgehead atoms. The molecule has 1 rings (SSSR count). The summed E-state index contributed by atoms with van der Waals surface area (Å²) in [6.07, 6.45) is 6.72. The van der Waals surface area contributed by atoms with Crippen molar-refractivity contribution in [2.45, 2.75) is 103 Å². The van der Waals surface area contributed by atoms with Gasteiger partial charge < -0.3 is 9.94 Å². The summed E-state index contributed by atoms with van der Waals surface area (Å²) in [6.45, 7) is 7.71. The van der Waals surface area contributed by atoms with Crippen molar-refractivity contribution in [1.82, 2.24) is 5.06 Å². The number of carbonyl (C=O) groups is 3. The molecule has 1 aliphatic rings. The summed E-state index contributed by atoms with van der Waals surface area (Å²) < 4.78 is 0. The van der Waals surface area contributed by atoms with Gasteiger partial charge in [0.1, 0.15) is 5.78 Å². The lowest BCUT2D eigenvalue weighted by Gasteiger charge is -2.49. The highest BCUT2D eigenvalue weighted by atomic mass is 16.7. The van der Waals surface area contributed by atoms with E-state index < -0.39 is 17.0 Å². The fraction of sp³-hybridized carbons (Fsp3) is 0.842. The molecule has 0 unspecified atom stereocenters. The molecule has 6 nitrogen and oxygen atoms in total. The van der Waals surface area contributed by atoms with Gasteiger partial charge in [0, 0.05) is 25.7 Å². The zero-order valence-corrected chi connectivity index (χ0v) is 16.1. The minimum atomic E-state index is -0.743. The minimum absolute atomic E-state index is 0.199. The van der Waals surface area contributed by atoms with Crippen LogP contribution in [0, 0.1) is 0 Å². The van der Waals surface area contributed by atoms with Gasteiger partial charge in [0.25, 0.3) is 0 Å². The van der Waals surface area contributed by atoms with E-state index in [9.17, 15) is 14.4 Å². The van der Waals surface area contributed by atoms with Crippen LogP contribution in [0.25, 0.3) is 0 Å². The van der Waals surface area contributed by atoms with Gasteiger partial charge in [0.15, 0.2) is 0 Å². The van der Waals surface area contributed by atoms with Crippen LogP contribution in [-0.4, -0.2) is 39.0 Å². The molecule has 1 heterocycles. The molecular formula is C19H33NO5. The highest BCUT2D eigenvalue weighted by molar-refractivity contribution is 5.81. The summed E-state index contributed by atoms with van der Waals surface area (Å²) in [5, 5.41) is 10.3. The van der Waals surface area contributed by atoms with Crippen molar-refractivity contribution in [3.63, 3.8) is 0 Å². The number of carbonyl (C=O) groups excluding carboxylic acids is 2. The average Bonchev–Trinajstić information content (AvgIpc) is 2.44. The van der Waals surface area contributed by atoms with E-state index in [0.29, 0.717) is 19.3 Å². The fourth-order valence-corrected chi connectivity index (χ4v) is 3.64. The van der Waals surface area contributed by atoms with E-state index in [-0.39, 0.29) is 18.2 Å². The maximum Gasteiger partial charge on any atom is 0.325 e. The summed E-state index contributed by atoms with van der Waals surface area (Å²) in [5.41, 5.74) is -0.975. The molecule has 0 aliphatic carbocycles. The molecule has 0 radical (unpaired) electrons. The van der Waals surface area contributed by atoms with Crippen molar-refractivity contribution >= 4 is 17.7 Å². The number of unbranched alkanes of at least 4 members (excludes halogenated alkanes) is 5. The number of piperidine rings is 1. The summed E-state index contributed by atoms with van der Waals surface area (Å²) in [7, 11) is 0. The van der Waals surface area contributed by atoms with Crippen molar-refractivity contribution in [2.75, 3.05) is 0 Å². The van der Waals surface area contributed by atoms with Crippen molar-refractivity contribution < 1.29 is 24.3 Å². The first-order valence-electron chi connectivity index (χ1n) is 9.29. The number of hydrogen-bond acceptors (Lipinski definition) is 5. The lowest BCUT2D eigenvalue weighted by molar-refractivity contribution is -0.261. The first-order chi connectivity index (χ1) is 11.5. The fourth-order valence-electron chi connectivity index (χ4n) is 3.64. The van der Waals surface area contributed by atoms with E-state index in [1.54, 1.807) is 5.06 Å². The zero-order valence-electron chi connectivity index (χ0n) is 16.1. The van der Waals surface area contributed by atoms with Crippen LogP contribution in [0.1, 0.15) is 91.9 Å². The third kappa shape index (κ3) is 7.55. The summed E-state index contributed by atoms with van der Waals surface area (Å²) in [5.74, 6) is -0.792. The highest BCUT2D eigenvalue weighted by Crippen LogP contribution is 2.36. The second-order valence-corrected chi connectivity index (χ2v) is 8.29. The average molecular weight is 355 g/mol. The number of carboxylic acid groups (broad SMARTS) is 1. The molecule has 25 heavy (non-hydrogen) atoms. The third-order valence-corrected chi connectivity index (χ3v) is 4.57.